The first kappa shape index (κ1) is 13.5. The van der Waals surface area contributed by atoms with Crippen LogP contribution < -0.4 is 0 Å². The molecule has 1 aromatic rings. The summed E-state index contributed by atoms with van der Waals surface area (Å²) in [6, 6.07) is 1.91. The molecule has 0 saturated heterocycles. The maximum atomic E-state index is 13.8. The minimum atomic E-state index is -3.64. The number of benzene rings is 1. The lowest BCUT2D eigenvalue weighted by Crippen LogP contribution is -2.07. The molecule has 1 aliphatic heterocycles. The Kier molecular flexibility index (Phi) is 3.27. The number of carbonyl (C=O) groups excluding carboxylic acids is 1. The summed E-state index contributed by atoms with van der Waals surface area (Å²) >= 11 is 0. The fraction of sp³-hybridized carbons (Fsp3) is 0.273. The number of halogens is 1. The Morgan fingerprint density at radius 1 is 1.37 bits per heavy atom. The van der Waals surface area contributed by atoms with Gasteiger partial charge in [-0.15, -0.1) is 0 Å². The average Bonchev–Trinajstić information content (AvgIpc) is 2.59. The zero-order valence-electron chi connectivity index (χ0n) is 10.1. The van der Waals surface area contributed by atoms with E-state index in [0.29, 0.717) is 0 Å². The highest BCUT2D eigenvalue weighted by molar-refractivity contribution is 7.92. The van der Waals surface area contributed by atoms with Crippen molar-refractivity contribution in [3.8, 4) is 0 Å². The molecule has 0 radical (unpaired) electrons. The minimum absolute atomic E-state index is 0.104. The van der Waals surface area contributed by atoms with E-state index in [2.05, 4.69) is 14.7 Å². The number of rotatable bonds is 2. The molecule has 2 rings (SSSR count). The Hall–Kier alpha value is -1.96. The summed E-state index contributed by atoms with van der Waals surface area (Å²) in [6.45, 7) is 0. The molecule has 0 spiro atoms. The van der Waals surface area contributed by atoms with Crippen LogP contribution in [0.25, 0.3) is 0 Å². The second-order valence-electron chi connectivity index (χ2n) is 3.80. The van der Waals surface area contributed by atoms with Crippen molar-refractivity contribution in [1.82, 2.24) is 0 Å². The molecule has 8 heteroatoms. The third-order valence-electron chi connectivity index (χ3n) is 2.65. The van der Waals surface area contributed by atoms with Crippen molar-refractivity contribution in [2.45, 2.75) is 4.90 Å². The number of ether oxygens (including phenoxy) is 1. The lowest BCUT2D eigenvalue weighted by molar-refractivity contribution is 0.0595. The smallest absolute Gasteiger partial charge is 0.340 e. The third-order valence-corrected chi connectivity index (χ3v) is 4.31. The summed E-state index contributed by atoms with van der Waals surface area (Å²) in [7, 11) is -1.30. The summed E-state index contributed by atoms with van der Waals surface area (Å²) in [4.78, 5) is 15.7. The first-order chi connectivity index (χ1) is 8.90. The predicted octanol–water partition coefficient (Wildman–Crippen LogP) is 0.750. The number of fused-ring (bicyclic) bond motifs is 1. The second-order valence-corrected chi connectivity index (χ2v) is 5.76. The lowest BCUT2D eigenvalue weighted by atomic mass is 10.1. The van der Waals surface area contributed by atoms with Gasteiger partial charge in [0.25, 0.3) is 0 Å². The van der Waals surface area contributed by atoms with Gasteiger partial charge in [-0.3, -0.25) is 0 Å². The lowest BCUT2D eigenvalue weighted by Gasteiger charge is -2.04. The highest BCUT2D eigenvalue weighted by atomic mass is 32.2. The number of esters is 1. The van der Waals surface area contributed by atoms with Crippen LogP contribution >= 0.6 is 0 Å². The number of hydrogen-bond acceptors (Lipinski definition) is 6. The van der Waals surface area contributed by atoms with E-state index in [4.69, 9.17) is 0 Å². The molecule has 0 atom stereocenters. The van der Waals surface area contributed by atoms with E-state index in [-0.39, 0.29) is 21.9 Å². The Bertz CT molecular complexity index is 681. The minimum Gasteiger partial charge on any atom is -0.465 e. The van der Waals surface area contributed by atoms with Crippen LogP contribution in [0.4, 0.5) is 4.39 Å². The summed E-state index contributed by atoms with van der Waals surface area (Å²) in [5.74, 6) is -2.20. The predicted molar refractivity (Wildman–Crippen MR) is 63.3 cm³/mol. The summed E-state index contributed by atoms with van der Waals surface area (Å²) in [5.41, 5.74) is -0.219. The quantitative estimate of drug-likeness (QED) is 0.455. The molecule has 1 aromatic carbocycles. The molecular formula is C11H10FNO5S. The number of carbonyl (C=O) groups is 1. The molecule has 19 heavy (non-hydrogen) atoms. The van der Waals surface area contributed by atoms with Gasteiger partial charge < -0.3 is 9.57 Å². The van der Waals surface area contributed by atoms with Gasteiger partial charge in [-0.1, -0.05) is 5.16 Å². The molecule has 0 amide bonds. The van der Waals surface area contributed by atoms with Gasteiger partial charge in [0, 0.05) is 5.56 Å². The molecule has 0 aliphatic carbocycles. The zero-order chi connectivity index (χ0) is 14.2. The summed E-state index contributed by atoms with van der Waals surface area (Å²) in [6.07, 6.45) is 0. The monoisotopic (exact) mass is 287 g/mol. The summed E-state index contributed by atoms with van der Waals surface area (Å²) in [5, 5.41) is 3.55. The van der Waals surface area contributed by atoms with Gasteiger partial charge in [-0.2, -0.15) is 0 Å². The van der Waals surface area contributed by atoms with Crippen molar-refractivity contribution < 1.29 is 27.2 Å². The molecule has 1 heterocycles. The van der Waals surface area contributed by atoms with Crippen LogP contribution in [0.1, 0.15) is 15.9 Å². The molecule has 1 aliphatic rings. The molecule has 0 fully saturated rings. The van der Waals surface area contributed by atoms with Gasteiger partial charge in [0.15, 0.2) is 9.84 Å². The molecule has 102 valence electrons. The van der Waals surface area contributed by atoms with Crippen molar-refractivity contribution in [1.29, 1.82) is 0 Å². The van der Waals surface area contributed by atoms with Crippen LogP contribution in [-0.2, 0) is 19.4 Å². The molecule has 0 unspecified atom stereocenters. The molecule has 6 nitrogen and oxygen atoms in total. The van der Waals surface area contributed by atoms with Gasteiger partial charge in [-0.25, -0.2) is 17.6 Å². The van der Waals surface area contributed by atoms with Crippen molar-refractivity contribution in [2.75, 3.05) is 20.0 Å². The number of hydrogen-bond donors (Lipinski definition) is 0. The van der Waals surface area contributed by atoms with E-state index in [1.54, 1.807) is 0 Å². The Labute approximate surface area is 108 Å². The highest BCUT2D eigenvalue weighted by Crippen LogP contribution is 2.29. The zero-order valence-corrected chi connectivity index (χ0v) is 11.0. The van der Waals surface area contributed by atoms with Crippen LogP contribution in [-0.4, -0.2) is 40.1 Å². The molecule has 0 saturated carbocycles. The largest absolute Gasteiger partial charge is 0.465 e. The molecule has 0 aromatic heterocycles. The van der Waals surface area contributed by atoms with Crippen molar-refractivity contribution in [3.63, 3.8) is 0 Å². The Morgan fingerprint density at radius 3 is 2.63 bits per heavy atom. The van der Waals surface area contributed by atoms with Crippen LogP contribution in [0.3, 0.4) is 0 Å². The number of sulfone groups is 1. The van der Waals surface area contributed by atoms with Gasteiger partial charge in [0.1, 0.15) is 24.4 Å². The maximum Gasteiger partial charge on any atom is 0.340 e. The van der Waals surface area contributed by atoms with E-state index < -0.39 is 27.2 Å². The molecule has 0 N–H and O–H groups in total. The normalized spacial score (nSPS) is 18.2. The number of methoxy groups -OCH3 is 1. The van der Waals surface area contributed by atoms with Crippen LogP contribution in [0.15, 0.2) is 22.2 Å². The Morgan fingerprint density at radius 2 is 2.05 bits per heavy atom. The van der Waals surface area contributed by atoms with E-state index >= 15 is 0 Å². The van der Waals surface area contributed by atoms with Gasteiger partial charge >= 0.3 is 5.97 Å². The van der Waals surface area contributed by atoms with E-state index in [9.17, 15) is 17.6 Å². The number of oxime groups is 1. The topological polar surface area (TPSA) is 82.0 Å². The van der Waals surface area contributed by atoms with Crippen LogP contribution in [0.2, 0.25) is 0 Å². The van der Waals surface area contributed by atoms with Gasteiger partial charge in [-0.05, 0) is 12.1 Å². The standard InChI is InChI=1S/C11H10FNO5S/c1-17-11(14)6-4-10-7(3-8(6)12)9(13-18-2)5-19(10,15)16/h3-4H,5H2,1-2H3. The highest BCUT2D eigenvalue weighted by Gasteiger charge is 2.34. The first-order valence-electron chi connectivity index (χ1n) is 5.15. The van der Waals surface area contributed by atoms with Crippen molar-refractivity contribution >= 4 is 21.5 Å². The fourth-order valence-electron chi connectivity index (χ4n) is 1.82. The average molecular weight is 287 g/mol. The molecule has 0 bridgehead atoms. The van der Waals surface area contributed by atoms with Crippen LogP contribution in [0, 0.1) is 5.82 Å². The fourth-order valence-corrected chi connectivity index (χ4v) is 3.36. The number of nitrogens with zero attached hydrogens (tertiary/aromatic N) is 1. The van der Waals surface area contributed by atoms with E-state index in [1.165, 1.54) is 7.11 Å². The summed E-state index contributed by atoms with van der Waals surface area (Å²) < 4.78 is 42.0. The van der Waals surface area contributed by atoms with Gasteiger partial charge in [0.2, 0.25) is 0 Å². The van der Waals surface area contributed by atoms with E-state index in [1.807, 2.05) is 0 Å². The van der Waals surface area contributed by atoms with Gasteiger partial charge in [0.05, 0.1) is 17.6 Å². The van der Waals surface area contributed by atoms with Crippen molar-refractivity contribution in [2.24, 2.45) is 5.16 Å². The SMILES string of the molecule is CON=C1CS(=O)(=O)c2cc(C(=O)OC)c(F)cc21. The Balaban J connectivity index is 2.70. The van der Waals surface area contributed by atoms with Crippen LogP contribution in [0.5, 0.6) is 0 Å². The van der Waals surface area contributed by atoms with Crippen molar-refractivity contribution in [3.05, 3.63) is 29.1 Å². The van der Waals surface area contributed by atoms with E-state index in [0.717, 1.165) is 19.2 Å². The maximum absolute atomic E-state index is 13.8. The molecular weight excluding hydrogens is 277 g/mol. The first-order valence-corrected chi connectivity index (χ1v) is 6.81. The second kappa shape index (κ2) is 4.61. The third kappa shape index (κ3) is 2.19.